The van der Waals surface area contributed by atoms with Crippen LogP contribution in [0.3, 0.4) is 0 Å². The number of halogens is 3. The molecule has 0 aromatic carbocycles. The van der Waals surface area contributed by atoms with Crippen LogP contribution in [0.25, 0.3) is 0 Å². The van der Waals surface area contributed by atoms with Crippen LogP contribution in [0.1, 0.15) is 44.0 Å². The fourth-order valence-electron chi connectivity index (χ4n) is 4.31. The summed E-state index contributed by atoms with van der Waals surface area (Å²) in [6, 6.07) is 1.95. The molecule has 2 N–H and O–H groups in total. The minimum Gasteiger partial charge on any atom is -0.492 e. The number of carbonyl (C=O) groups is 1. The number of fused-ring (bicyclic) bond motifs is 1. The molecule has 1 atom stereocenters. The minimum atomic E-state index is -4.45. The van der Waals surface area contributed by atoms with E-state index in [9.17, 15) is 18.0 Å². The molecule has 1 amide bonds. The van der Waals surface area contributed by atoms with Crippen LogP contribution in [0.15, 0.2) is 18.3 Å². The van der Waals surface area contributed by atoms with Crippen LogP contribution in [0.4, 0.5) is 30.6 Å². The molecule has 2 aromatic rings. The molecule has 184 valence electrons. The molecule has 1 aliphatic heterocycles. The third-order valence-electron chi connectivity index (χ3n) is 6.64. The number of pyridine rings is 1. The lowest BCUT2D eigenvalue weighted by Gasteiger charge is -2.33. The van der Waals surface area contributed by atoms with Crippen LogP contribution in [0.2, 0.25) is 0 Å². The van der Waals surface area contributed by atoms with Crippen molar-refractivity contribution >= 4 is 23.4 Å². The average molecular weight is 479 g/mol. The number of hydrogen-bond donors (Lipinski definition) is 2. The van der Waals surface area contributed by atoms with E-state index >= 15 is 0 Å². The van der Waals surface area contributed by atoms with Gasteiger partial charge in [-0.2, -0.15) is 18.2 Å². The first-order chi connectivity index (χ1) is 16.1. The van der Waals surface area contributed by atoms with Crippen molar-refractivity contribution in [2.24, 2.45) is 11.8 Å². The van der Waals surface area contributed by atoms with Crippen LogP contribution in [0.5, 0.6) is 5.75 Å². The number of likely N-dealkylation sites (N-methyl/N-ethyl adjacent to an activating group) is 1. The van der Waals surface area contributed by atoms with Crippen molar-refractivity contribution in [2.75, 3.05) is 35.7 Å². The minimum absolute atomic E-state index is 0.0715. The average Bonchev–Trinajstić information content (AvgIpc) is 2.81. The van der Waals surface area contributed by atoms with Gasteiger partial charge in [-0.05, 0) is 63.5 Å². The Hall–Kier alpha value is -3.11. The normalized spacial score (nSPS) is 22.7. The number of anilines is 3. The van der Waals surface area contributed by atoms with E-state index in [2.05, 4.69) is 25.6 Å². The second-order valence-electron chi connectivity index (χ2n) is 9.06. The smallest absolute Gasteiger partial charge is 0.433 e. The quantitative estimate of drug-likeness (QED) is 0.641. The third-order valence-corrected chi connectivity index (χ3v) is 6.64. The monoisotopic (exact) mass is 478 g/mol. The second-order valence-corrected chi connectivity index (χ2v) is 9.06. The topological polar surface area (TPSA) is 92.3 Å². The van der Waals surface area contributed by atoms with Gasteiger partial charge >= 0.3 is 6.18 Å². The molecular formula is C23H29F3N6O2. The third kappa shape index (κ3) is 5.34. The molecule has 8 nitrogen and oxygen atoms in total. The molecule has 1 saturated carbocycles. The Labute approximate surface area is 196 Å². The summed E-state index contributed by atoms with van der Waals surface area (Å²) in [5.74, 6) is 2.37. The number of nitrogens with zero attached hydrogens (tertiary/aromatic N) is 4. The molecule has 4 rings (SSSR count). The predicted molar refractivity (Wildman–Crippen MR) is 122 cm³/mol. The largest absolute Gasteiger partial charge is 0.492 e. The Morgan fingerprint density at radius 1 is 1.18 bits per heavy atom. The van der Waals surface area contributed by atoms with Crippen molar-refractivity contribution in [1.82, 2.24) is 15.0 Å². The standard InChI is InChI=1S/C23H29F3N6O2/c1-13-19-20(32(3)14(2)21(33)30-19)31-22(29-13)28-10-15-4-6-16(7-5-15)12-34-17-8-9-18(27-11-17)23(24,25)26/h8-9,11,14-16H,4-7,10,12H2,1-3H3,(H,30,33)(H,28,29,31)/t14-,15?,16?/m0/s1. The lowest BCUT2D eigenvalue weighted by atomic mass is 9.82. The van der Waals surface area contributed by atoms with Crippen molar-refractivity contribution < 1.29 is 22.7 Å². The fourth-order valence-corrected chi connectivity index (χ4v) is 4.31. The Balaban J connectivity index is 1.24. The van der Waals surface area contributed by atoms with Gasteiger partial charge in [0.05, 0.1) is 18.5 Å². The number of amides is 1. The maximum atomic E-state index is 12.6. The molecule has 0 bridgehead atoms. The summed E-state index contributed by atoms with van der Waals surface area (Å²) < 4.78 is 43.5. The van der Waals surface area contributed by atoms with E-state index in [1.54, 1.807) is 0 Å². The van der Waals surface area contributed by atoms with Gasteiger partial charge in [0.1, 0.15) is 23.2 Å². The van der Waals surface area contributed by atoms with E-state index < -0.39 is 11.9 Å². The van der Waals surface area contributed by atoms with E-state index in [-0.39, 0.29) is 11.9 Å². The molecule has 0 unspecified atom stereocenters. The van der Waals surface area contributed by atoms with Gasteiger partial charge in [-0.1, -0.05) is 0 Å². The van der Waals surface area contributed by atoms with Crippen LogP contribution in [-0.4, -0.2) is 47.1 Å². The van der Waals surface area contributed by atoms with Crippen molar-refractivity contribution in [3.8, 4) is 5.75 Å². The fraction of sp³-hybridized carbons (Fsp3) is 0.565. The number of alkyl halides is 3. The SMILES string of the molecule is Cc1nc(NCC2CCC(COc3ccc(C(F)(F)F)nc3)CC2)nc2c1NC(=O)[C@H](C)N2C. The van der Waals surface area contributed by atoms with Crippen molar-refractivity contribution in [3.05, 3.63) is 29.7 Å². The van der Waals surface area contributed by atoms with Crippen LogP contribution < -0.4 is 20.3 Å². The zero-order valence-electron chi connectivity index (χ0n) is 19.4. The van der Waals surface area contributed by atoms with E-state index in [0.29, 0.717) is 41.6 Å². The van der Waals surface area contributed by atoms with Gasteiger partial charge < -0.3 is 20.3 Å². The number of aryl methyl sites for hydroxylation is 1. The molecule has 1 fully saturated rings. The first-order valence-corrected chi connectivity index (χ1v) is 11.4. The predicted octanol–water partition coefficient (Wildman–Crippen LogP) is 4.27. The lowest BCUT2D eigenvalue weighted by molar-refractivity contribution is -0.141. The van der Waals surface area contributed by atoms with E-state index in [1.807, 2.05) is 25.8 Å². The van der Waals surface area contributed by atoms with Gasteiger partial charge in [0.2, 0.25) is 11.9 Å². The molecular weight excluding hydrogens is 449 g/mol. The van der Waals surface area contributed by atoms with Gasteiger partial charge in [-0.3, -0.25) is 4.79 Å². The summed E-state index contributed by atoms with van der Waals surface area (Å²) in [6.07, 6.45) is 0.681. The number of aromatic nitrogens is 3. The molecule has 3 heterocycles. The maximum absolute atomic E-state index is 12.6. The van der Waals surface area contributed by atoms with Gasteiger partial charge in [0, 0.05) is 13.6 Å². The van der Waals surface area contributed by atoms with E-state index in [0.717, 1.165) is 50.2 Å². The van der Waals surface area contributed by atoms with Gasteiger partial charge in [0.15, 0.2) is 5.82 Å². The number of ether oxygens (including phenoxy) is 1. The van der Waals surface area contributed by atoms with Gasteiger partial charge in [-0.15, -0.1) is 0 Å². The van der Waals surface area contributed by atoms with Crippen LogP contribution in [0, 0.1) is 18.8 Å². The number of hydrogen-bond acceptors (Lipinski definition) is 7. The first kappa shape index (κ1) is 24.0. The summed E-state index contributed by atoms with van der Waals surface area (Å²) in [5, 5.41) is 6.23. The molecule has 34 heavy (non-hydrogen) atoms. The Kier molecular flexibility index (Phi) is 6.81. The number of nitrogens with one attached hydrogen (secondary N) is 2. The van der Waals surface area contributed by atoms with Crippen LogP contribution >= 0.6 is 0 Å². The van der Waals surface area contributed by atoms with Crippen molar-refractivity contribution in [3.63, 3.8) is 0 Å². The Bertz CT molecular complexity index is 1020. The summed E-state index contributed by atoms with van der Waals surface area (Å²) in [5.41, 5.74) is 0.454. The van der Waals surface area contributed by atoms with E-state index in [4.69, 9.17) is 4.74 Å². The highest BCUT2D eigenvalue weighted by atomic mass is 19.4. The molecule has 1 aliphatic carbocycles. The summed E-state index contributed by atoms with van der Waals surface area (Å²) in [7, 11) is 1.85. The van der Waals surface area contributed by atoms with Crippen molar-refractivity contribution in [1.29, 1.82) is 0 Å². The molecule has 2 aliphatic rings. The molecule has 0 spiro atoms. The molecule has 0 radical (unpaired) electrons. The summed E-state index contributed by atoms with van der Waals surface area (Å²) in [4.78, 5) is 26.5. The zero-order valence-corrected chi connectivity index (χ0v) is 19.4. The highest BCUT2D eigenvalue weighted by Crippen LogP contribution is 2.33. The molecule has 2 aromatic heterocycles. The van der Waals surface area contributed by atoms with Crippen LogP contribution in [-0.2, 0) is 11.0 Å². The number of carbonyl (C=O) groups excluding carboxylic acids is 1. The van der Waals surface area contributed by atoms with Gasteiger partial charge in [0.25, 0.3) is 0 Å². The summed E-state index contributed by atoms with van der Waals surface area (Å²) in [6.45, 7) is 4.91. The Morgan fingerprint density at radius 2 is 1.88 bits per heavy atom. The number of rotatable bonds is 6. The zero-order chi connectivity index (χ0) is 24.5. The molecule has 0 saturated heterocycles. The maximum Gasteiger partial charge on any atom is 0.433 e. The molecule has 11 heteroatoms. The first-order valence-electron chi connectivity index (χ1n) is 11.4. The second kappa shape index (κ2) is 9.63. The highest BCUT2D eigenvalue weighted by molar-refractivity contribution is 6.03. The van der Waals surface area contributed by atoms with Gasteiger partial charge in [-0.25, -0.2) is 9.97 Å². The highest BCUT2D eigenvalue weighted by Gasteiger charge is 2.32. The summed E-state index contributed by atoms with van der Waals surface area (Å²) >= 11 is 0. The lowest BCUT2D eigenvalue weighted by Crippen LogP contribution is -2.44. The van der Waals surface area contributed by atoms with E-state index in [1.165, 1.54) is 6.07 Å². The van der Waals surface area contributed by atoms with Crippen molar-refractivity contribution in [2.45, 2.75) is 51.7 Å². The Morgan fingerprint density at radius 3 is 2.53 bits per heavy atom.